The van der Waals surface area contributed by atoms with Gasteiger partial charge in [-0.2, -0.15) is 0 Å². The molecule has 5 nitrogen and oxygen atoms in total. The van der Waals surface area contributed by atoms with E-state index in [4.69, 9.17) is 5.73 Å². The van der Waals surface area contributed by atoms with Gasteiger partial charge in [0.2, 0.25) is 5.95 Å². The quantitative estimate of drug-likeness (QED) is 0.908. The van der Waals surface area contributed by atoms with Crippen LogP contribution in [0.15, 0.2) is 12.4 Å². The third-order valence-corrected chi connectivity index (χ3v) is 4.80. The van der Waals surface area contributed by atoms with E-state index in [2.05, 4.69) is 26.7 Å². The van der Waals surface area contributed by atoms with Gasteiger partial charge in [0.05, 0.1) is 0 Å². The highest BCUT2D eigenvalue weighted by atomic mass is 15.3. The van der Waals surface area contributed by atoms with E-state index < -0.39 is 0 Å². The zero-order chi connectivity index (χ0) is 14.7. The molecule has 2 unspecified atom stereocenters. The van der Waals surface area contributed by atoms with Crippen LogP contribution in [-0.4, -0.2) is 53.1 Å². The Kier molecular flexibility index (Phi) is 4.70. The molecule has 1 aromatic heterocycles. The van der Waals surface area contributed by atoms with E-state index in [0.717, 1.165) is 37.4 Å². The van der Waals surface area contributed by atoms with Crippen molar-refractivity contribution in [2.24, 2.45) is 5.73 Å². The first-order valence-corrected chi connectivity index (χ1v) is 8.31. The van der Waals surface area contributed by atoms with Crippen LogP contribution in [-0.2, 0) is 6.42 Å². The van der Waals surface area contributed by atoms with Gasteiger partial charge in [-0.25, -0.2) is 9.97 Å². The first kappa shape index (κ1) is 14.7. The zero-order valence-electron chi connectivity index (χ0n) is 13.0. The molecule has 2 saturated heterocycles. The van der Waals surface area contributed by atoms with Crippen LogP contribution < -0.4 is 10.6 Å². The molecule has 2 fully saturated rings. The summed E-state index contributed by atoms with van der Waals surface area (Å²) in [4.78, 5) is 14.2. The monoisotopic (exact) mass is 289 g/mol. The number of hydrogen-bond donors (Lipinski definition) is 1. The SMILES string of the molecule is CCC(N)Cc1cnc(N2CCCN3CCCC3C2)nc1. The van der Waals surface area contributed by atoms with Crippen molar-refractivity contribution in [1.29, 1.82) is 0 Å². The molecule has 116 valence electrons. The van der Waals surface area contributed by atoms with Gasteiger partial charge >= 0.3 is 0 Å². The van der Waals surface area contributed by atoms with Crippen LogP contribution in [0.25, 0.3) is 0 Å². The van der Waals surface area contributed by atoms with Crippen LogP contribution in [0.5, 0.6) is 0 Å². The van der Waals surface area contributed by atoms with Crippen molar-refractivity contribution in [3.63, 3.8) is 0 Å². The highest BCUT2D eigenvalue weighted by Crippen LogP contribution is 2.23. The molecule has 0 aromatic carbocycles. The first-order chi connectivity index (χ1) is 10.3. The number of rotatable bonds is 4. The van der Waals surface area contributed by atoms with Gasteiger partial charge in [0, 0.05) is 44.1 Å². The van der Waals surface area contributed by atoms with Gasteiger partial charge in [0.15, 0.2) is 0 Å². The maximum Gasteiger partial charge on any atom is 0.225 e. The Morgan fingerprint density at radius 3 is 2.76 bits per heavy atom. The summed E-state index contributed by atoms with van der Waals surface area (Å²) in [6.45, 7) is 6.76. The molecule has 3 heterocycles. The first-order valence-electron chi connectivity index (χ1n) is 8.31. The largest absolute Gasteiger partial charge is 0.339 e. The van der Waals surface area contributed by atoms with Crippen molar-refractivity contribution < 1.29 is 0 Å². The van der Waals surface area contributed by atoms with E-state index in [1.165, 1.54) is 32.4 Å². The van der Waals surface area contributed by atoms with Crippen LogP contribution >= 0.6 is 0 Å². The zero-order valence-corrected chi connectivity index (χ0v) is 13.0. The number of nitrogens with two attached hydrogens (primary N) is 1. The summed E-state index contributed by atoms with van der Waals surface area (Å²) in [7, 11) is 0. The molecule has 2 aliphatic heterocycles. The second kappa shape index (κ2) is 6.71. The van der Waals surface area contributed by atoms with Crippen LogP contribution in [0.1, 0.15) is 38.2 Å². The molecule has 0 bridgehead atoms. The minimum atomic E-state index is 0.213. The standard InChI is InChI=1S/C16H27N5/c1-2-14(17)9-13-10-18-16(19-11-13)21-8-4-7-20-6-3-5-15(20)12-21/h10-11,14-15H,2-9,12,17H2,1H3. The van der Waals surface area contributed by atoms with Crippen LogP contribution in [0.2, 0.25) is 0 Å². The van der Waals surface area contributed by atoms with E-state index in [1.54, 1.807) is 0 Å². The summed E-state index contributed by atoms with van der Waals surface area (Å²) >= 11 is 0. The van der Waals surface area contributed by atoms with E-state index in [0.29, 0.717) is 6.04 Å². The second-order valence-corrected chi connectivity index (χ2v) is 6.40. The molecule has 0 spiro atoms. The Morgan fingerprint density at radius 1 is 1.24 bits per heavy atom. The lowest BCUT2D eigenvalue weighted by Gasteiger charge is -2.25. The maximum absolute atomic E-state index is 5.99. The average molecular weight is 289 g/mol. The normalized spacial score (nSPS) is 24.7. The smallest absolute Gasteiger partial charge is 0.225 e. The summed E-state index contributed by atoms with van der Waals surface area (Å²) < 4.78 is 0. The molecule has 0 aliphatic carbocycles. The predicted octanol–water partition coefficient (Wildman–Crippen LogP) is 1.43. The van der Waals surface area contributed by atoms with Gasteiger partial charge in [-0.1, -0.05) is 6.92 Å². The second-order valence-electron chi connectivity index (χ2n) is 6.40. The summed E-state index contributed by atoms with van der Waals surface area (Å²) in [6.07, 6.45) is 9.64. The van der Waals surface area contributed by atoms with Crippen molar-refractivity contribution in [1.82, 2.24) is 14.9 Å². The predicted molar refractivity (Wildman–Crippen MR) is 85.4 cm³/mol. The Bertz CT molecular complexity index is 446. The lowest BCUT2D eigenvalue weighted by molar-refractivity contribution is 0.273. The Hall–Kier alpha value is -1.20. The molecular formula is C16H27N5. The number of hydrogen-bond acceptors (Lipinski definition) is 5. The molecule has 0 saturated carbocycles. The molecule has 0 radical (unpaired) electrons. The molecule has 3 rings (SSSR count). The fourth-order valence-corrected chi connectivity index (χ4v) is 3.45. The van der Waals surface area contributed by atoms with Gasteiger partial charge in [-0.3, -0.25) is 4.90 Å². The van der Waals surface area contributed by atoms with Crippen LogP contribution in [0.3, 0.4) is 0 Å². The Labute approximate surface area is 127 Å². The van der Waals surface area contributed by atoms with Gasteiger partial charge in [-0.15, -0.1) is 0 Å². The molecule has 2 atom stereocenters. The number of aromatic nitrogens is 2. The van der Waals surface area contributed by atoms with Crippen molar-refractivity contribution in [2.45, 2.75) is 51.1 Å². The van der Waals surface area contributed by atoms with E-state index in [-0.39, 0.29) is 6.04 Å². The highest BCUT2D eigenvalue weighted by molar-refractivity contribution is 5.31. The third-order valence-electron chi connectivity index (χ3n) is 4.80. The van der Waals surface area contributed by atoms with Gasteiger partial charge in [-0.05, 0) is 44.2 Å². The van der Waals surface area contributed by atoms with Gasteiger partial charge < -0.3 is 10.6 Å². The number of fused-ring (bicyclic) bond motifs is 1. The summed E-state index contributed by atoms with van der Waals surface area (Å²) in [5, 5.41) is 0. The molecule has 5 heteroatoms. The summed E-state index contributed by atoms with van der Waals surface area (Å²) in [5.74, 6) is 0.887. The van der Waals surface area contributed by atoms with Crippen molar-refractivity contribution in [2.75, 3.05) is 31.1 Å². The molecule has 21 heavy (non-hydrogen) atoms. The minimum absolute atomic E-state index is 0.213. The van der Waals surface area contributed by atoms with Gasteiger partial charge in [0.25, 0.3) is 0 Å². The van der Waals surface area contributed by atoms with Gasteiger partial charge in [0.1, 0.15) is 0 Å². The van der Waals surface area contributed by atoms with Crippen molar-refractivity contribution >= 4 is 5.95 Å². The number of nitrogens with zero attached hydrogens (tertiary/aromatic N) is 4. The van der Waals surface area contributed by atoms with Crippen molar-refractivity contribution in [3.05, 3.63) is 18.0 Å². The fourth-order valence-electron chi connectivity index (χ4n) is 3.45. The van der Waals surface area contributed by atoms with Crippen molar-refractivity contribution in [3.8, 4) is 0 Å². The molecule has 0 amide bonds. The van der Waals surface area contributed by atoms with E-state index in [1.807, 2.05) is 12.4 Å². The summed E-state index contributed by atoms with van der Waals surface area (Å²) in [5.41, 5.74) is 7.14. The fraction of sp³-hybridized carbons (Fsp3) is 0.750. The lowest BCUT2D eigenvalue weighted by atomic mass is 10.1. The van der Waals surface area contributed by atoms with E-state index >= 15 is 0 Å². The molecular weight excluding hydrogens is 262 g/mol. The Balaban J connectivity index is 1.65. The van der Waals surface area contributed by atoms with E-state index in [9.17, 15) is 0 Å². The van der Waals surface area contributed by atoms with Crippen LogP contribution in [0, 0.1) is 0 Å². The Morgan fingerprint density at radius 2 is 2.00 bits per heavy atom. The molecule has 2 aliphatic rings. The lowest BCUT2D eigenvalue weighted by Crippen LogP contribution is -2.37. The third kappa shape index (κ3) is 3.52. The minimum Gasteiger partial charge on any atom is -0.339 e. The van der Waals surface area contributed by atoms with Crippen LogP contribution in [0.4, 0.5) is 5.95 Å². The molecule has 1 aromatic rings. The topological polar surface area (TPSA) is 58.3 Å². The highest BCUT2D eigenvalue weighted by Gasteiger charge is 2.29. The number of anilines is 1. The molecule has 2 N–H and O–H groups in total. The maximum atomic E-state index is 5.99. The summed E-state index contributed by atoms with van der Waals surface area (Å²) in [6, 6.07) is 0.911. The average Bonchev–Trinajstić information content (AvgIpc) is 2.85.